The van der Waals surface area contributed by atoms with Crippen molar-refractivity contribution in [3.8, 4) is 0 Å². The van der Waals surface area contributed by atoms with Crippen molar-refractivity contribution >= 4 is 41.8 Å². The van der Waals surface area contributed by atoms with Crippen molar-refractivity contribution in [2.24, 2.45) is 5.73 Å². The third kappa shape index (κ3) is 10.7. The van der Waals surface area contributed by atoms with Gasteiger partial charge in [-0.25, -0.2) is 0 Å². The molecule has 10 atom stereocenters. The molecule has 2 N–H and O–H groups in total. The summed E-state index contributed by atoms with van der Waals surface area (Å²) in [4.78, 5) is 83.2. The van der Waals surface area contributed by atoms with Gasteiger partial charge in [0.1, 0.15) is 25.0 Å². The smallest absolute Gasteiger partial charge is 0.303 e. The van der Waals surface area contributed by atoms with Crippen LogP contribution in [0.25, 0.3) is 0 Å². The second-order valence-corrected chi connectivity index (χ2v) is 9.76. The van der Waals surface area contributed by atoms with Crippen LogP contribution in [0, 0.1) is 0 Å². The largest absolute Gasteiger partial charge is 0.463 e. The number of rotatable bonds is 11. The first kappa shape index (κ1) is 36.3. The van der Waals surface area contributed by atoms with Gasteiger partial charge in [0.2, 0.25) is 0 Å². The number of esters is 7. The standard InChI is InChI=1S/C26H37NO17/c1-10(28)35-8-18-20(38-12(3)30)22(40-14(5)32)24(42-16(7)34)26(44-18)36-9-17-19(37-11(2)29)21(39-13(4)31)23(25(27)43-17)41-15(6)33/h17-26H,8-9,27H2,1-7H3/t17-,18-,19-,20-,21+,22+,23-,24+,25-,26+/m1/s1. The van der Waals surface area contributed by atoms with Crippen LogP contribution in [0.2, 0.25) is 0 Å². The maximum atomic E-state index is 12.1. The van der Waals surface area contributed by atoms with E-state index in [1.54, 1.807) is 0 Å². The van der Waals surface area contributed by atoms with Crippen LogP contribution in [0.4, 0.5) is 0 Å². The average Bonchev–Trinajstić information content (AvgIpc) is 2.87. The van der Waals surface area contributed by atoms with Gasteiger partial charge in [0.25, 0.3) is 0 Å². The zero-order valence-electron chi connectivity index (χ0n) is 25.2. The van der Waals surface area contributed by atoms with E-state index in [1.807, 2.05) is 0 Å². The highest BCUT2D eigenvalue weighted by Crippen LogP contribution is 2.32. The molecule has 0 aromatic heterocycles. The van der Waals surface area contributed by atoms with Crippen molar-refractivity contribution in [2.75, 3.05) is 13.2 Å². The molecule has 0 aromatic carbocycles. The Morgan fingerprint density at radius 3 is 1.27 bits per heavy atom. The van der Waals surface area contributed by atoms with Gasteiger partial charge in [-0.15, -0.1) is 0 Å². The van der Waals surface area contributed by atoms with E-state index in [0.29, 0.717) is 0 Å². The minimum absolute atomic E-state index is 0.503. The van der Waals surface area contributed by atoms with Crippen LogP contribution in [-0.4, -0.2) is 116 Å². The normalized spacial score (nSPS) is 31.5. The number of nitrogens with two attached hydrogens (primary N) is 1. The quantitative estimate of drug-likeness (QED) is 0.202. The number of carbonyl (C=O) groups excluding carboxylic acids is 7. The number of hydrogen-bond donors (Lipinski definition) is 1. The zero-order chi connectivity index (χ0) is 33.3. The fourth-order valence-electron chi connectivity index (χ4n) is 4.57. The highest BCUT2D eigenvalue weighted by atomic mass is 16.7. The van der Waals surface area contributed by atoms with Crippen molar-refractivity contribution in [3.05, 3.63) is 0 Å². The first-order valence-electron chi connectivity index (χ1n) is 13.3. The van der Waals surface area contributed by atoms with E-state index in [9.17, 15) is 33.6 Å². The van der Waals surface area contributed by atoms with Crippen molar-refractivity contribution in [1.29, 1.82) is 0 Å². The molecule has 248 valence electrons. The van der Waals surface area contributed by atoms with Gasteiger partial charge in [0.15, 0.2) is 42.9 Å². The molecule has 0 radical (unpaired) electrons. The first-order chi connectivity index (χ1) is 20.5. The lowest BCUT2D eigenvalue weighted by Crippen LogP contribution is -2.66. The van der Waals surface area contributed by atoms with E-state index in [2.05, 4.69) is 0 Å². The van der Waals surface area contributed by atoms with E-state index in [1.165, 1.54) is 0 Å². The second kappa shape index (κ2) is 16.3. The molecule has 0 bridgehead atoms. The maximum Gasteiger partial charge on any atom is 0.303 e. The van der Waals surface area contributed by atoms with Crippen molar-refractivity contribution < 1.29 is 80.9 Å². The highest BCUT2D eigenvalue weighted by molar-refractivity contribution is 5.69. The van der Waals surface area contributed by atoms with Crippen LogP contribution in [0.1, 0.15) is 48.5 Å². The van der Waals surface area contributed by atoms with Gasteiger partial charge in [-0.1, -0.05) is 0 Å². The van der Waals surface area contributed by atoms with Gasteiger partial charge in [0, 0.05) is 48.5 Å². The predicted molar refractivity (Wildman–Crippen MR) is 137 cm³/mol. The van der Waals surface area contributed by atoms with Gasteiger partial charge >= 0.3 is 41.8 Å². The summed E-state index contributed by atoms with van der Waals surface area (Å²) < 4.78 is 54.3. The molecule has 0 aliphatic carbocycles. The lowest BCUT2D eigenvalue weighted by Gasteiger charge is -2.46. The van der Waals surface area contributed by atoms with Gasteiger partial charge < -0.3 is 53.1 Å². The van der Waals surface area contributed by atoms with E-state index in [-0.39, 0.29) is 0 Å². The Labute approximate surface area is 251 Å². The summed E-state index contributed by atoms with van der Waals surface area (Å²) in [7, 11) is 0. The van der Waals surface area contributed by atoms with Crippen LogP contribution >= 0.6 is 0 Å². The minimum atomic E-state index is -1.60. The summed E-state index contributed by atoms with van der Waals surface area (Å²) in [6.07, 6.45) is -14.4. The molecule has 2 fully saturated rings. The fourth-order valence-corrected chi connectivity index (χ4v) is 4.57. The van der Waals surface area contributed by atoms with Crippen LogP contribution < -0.4 is 5.73 Å². The second-order valence-electron chi connectivity index (χ2n) is 9.76. The number of ether oxygens (including phenoxy) is 10. The summed E-state index contributed by atoms with van der Waals surface area (Å²) in [6.45, 7) is 6.43. The Hall–Kier alpha value is -3.87. The van der Waals surface area contributed by atoms with Gasteiger partial charge in [-0.05, 0) is 0 Å². The molecule has 2 saturated heterocycles. The summed E-state index contributed by atoms with van der Waals surface area (Å²) in [5.41, 5.74) is 6.07. The molecule has 2 aliphatic rings. The summed E-state index contributed by atoms with van der Waals surface area (Å²) >= 11 is 0. The van der Waals surface area contributed by atoms with E-state index in [4.69, 9.17) is 53.1 Å². The van der Waals surface area contributed by atoms with E-state index < -0.39 is 116 Å². The van der Waals surface area contributed by atoms with Crippen LogP contribution in [0.3, 0.4) is 0 Å². The molecule has 18 heteroatoms. The van der Waals surface area contributed by atoms with Gasteiger partial charge in [0.05, 0.1) is 6.61 Å². The minimum Gasteiger partial charge on any atom is -0.463 e. The van der Waals surface area contributed by atoms with Gasteiger partial charge in [-0.2, -0.15) is 0 Å². The molecule has 44 heavy (non-hydrogen) atoms. The first-order valence-corrected chi connectivity index (χ1v) is 13.3. The third-order valence-corrected chi connectivity index (χ3v) is 5.95. The molecule has 2 heterocycles. The topological polar surface area (TPSA) is 238 Å². The van der Waals surface area contributed by atoms with E-state index >= 15 is 0 Å². The van der Waals surface area contributed by atoms with Crippen molar-refractivity contribution in [1.82, 2.24) is 0 Å². The SMILES string of the molecule is CC(=O)OC[C@H]1O[C@H](OC[C@H]2O[C@@H](N)[C@H](OC(C)=O)[C@@H](OC(C)=O)[C@@H]2OC(C)=O)[C@@H](OC(C)=O)[C@@H](OC(C)=O)[C@@H]1OC(C)=O. The number of carbonyl (C=O) groups is 7. The third-order valence-electron chi connectivity index (χ3n) is 5.95. The zero-order valence-corrected chi connectivity index (χ0v) is 25.2. The Bertz CT molecular complexity index is 1090. The molecule has 0 aromatic rings. The molecule has 0 spiro atoms. The van der Waals surface area contributed by atoms with Crippen molar-refractivity contribution in [3.63, 3.8) is 0 Å². The molecule has 18 nitrogen and oxygen atoms in total. The number of hydrogen-bond acceptors (Lipinski definition) is 18. The molecule has 2 rings (SSSR count). The predicted octanol–water partition coefficient (Wildman–Crippen LogP) is -1.44. The Morgan fingerprint density at radius 1 is 0.477 bits per heavy atom. The maximum absolute atomic E-state index is 12.1. The Morgan fingerprint density at radius 2 is 0.841 bits per heavy atom. The molecule has 0 amide bonds. The summed E-state index contributed by atoms with van der Waals surface area (Å²) in [5, 5.41) is 0. The Balaban J connectivity index is 2.48. The lowest BCUT2D eigenvalue weighted by molar-refractivity contribution is -0.319. The van der Waals surface area contributed by atoms with Crippen LogP contribution in [-0.2, 0) is 80.9 Å². The summed E-state index contributed by atoms with van der Waals surface area (Å²) in [5.74, 6) is -5.70. The lowest BCUT2D eigenvalue weighted by atomic mass is 9.97. The average molecular weight is 636 g/mol. The molecule has 0 unspecified atom stereocenters. The highest BCUT2D eigenvalue weighted by Gasteiger charge is 2.55. The molecule has 2 aliphatic heterocycles. The molecular weight excluding hydrogens is 598 g/mol. The van der Waals surface area contributed by atoms with Crippen LogP contribution in [0.5, 0.6) is 0 Å². The molecule has 0 saturated carbocycles. The molecular formula is C26H37NO17. The Kier molecular flexibility index (Phi) is 13.4. The van der Waals surface area contributed by atoms with Crippen molar-refractivity contribution in [2.45, 2.75) is 110 Å². The fraction of sp³-hybridized carbons (Fsp3) is 0.731. The van der Waals surface area contributed by atoms with Crippen LogP contribution in [0.15, 0.2) is 0 Å². The summed E-state index contributed by atoms with van der Waals surface area (Å²) in [6, 6.07) is 0. The monoisotopic (exact) mass is 635 g/mol. The van der Waals surface area contributed by atoms with E-state index in [0.717, 1.165) is 48.5 Å². The van der Waals surface area contributed by atoms with Gasteiger partial charge in [-0.3, -0.25) is 33.6 Å².